The number of aromatic nitrogens is 1. The lowest BCUT2D eigenvalue weighted by atomic mass is 9.87. The van der Waals surface area contributed by atoms with Gasteiger partial charge in [-0.15, -0.1) is 0 Å². The number of carbonyl (C=O) groups is 1. The quantitative estimate of drug-likeness (QED) is 0.787. The molecule has 3 aliphatic rings. The van der Waals surface area contributed by atoms with Gasteiger partial charge in [0.25, 0.3) is 5.91 Å². The smallest absolute Gasteiger partial charge is 0.330 e. The Kier molecular flexibility index (Phi) is 2.97. The molecule has 0 spiro atoms. The molecule has 0 radical (unpaired) electrons. The van der Waals surface area contributed by atoms with Crippen LogP contribution in [0.5, 0.6) is 0 Å². The van der Waals surface area contributed by atoms with Crippen molar-refractivity contribution in [1.29, 1.82) is 0 Å². The molecule has 4 nitrogen and oxygen atoms in total. The molecule has 0 saturated carbocycles. The number of likely N-dealkylation sites (N-methyl/N-ethyl adjacent to an activating group) is 1. The molecule has 2 atom stereocenters. The molecule has 0 N–H and O–H groups in total. The van der Waals surface area contributed by atoms with Crippen LogP contribution in [0, 0.1) is 0 Å². The lowest BCUT2D eigenvalue weighted by Gasteiger charge is -2.55. The minimum absolute atomic E-state index is 0.175. The summed E-state index contributed by atoms with van der Waals surface area (Å²) >= 11 is 0. The second-order valence-corrected chi connectivity index (χ2v) is 5.41. The fraction of sp³-hybridized carbons (Fsp3) is 0.538. The highest BCUT2D eigenvalue weighted by Gasteiger charge is 2.46. The third-order valence-corrected chi connectivity index (χ3v) is 3.91. The van der Waals surface area contributed by atoms with Gasteiger partial charge in [0.1, 0.15) is 5.69 Å². The highest BCUT2D eigenvalue weighted by molar-refractivity contribution is 5.95. The predicted octanol–water partition coefficient (Wildman–Crippen LogP) is 1.63. The molecule has 3 fully saturated rings. The molecule has 0 aliphatic carbocycles. The zero-order valence-electron chi connectivity index (χ0n) is 10.9. The Morgan fingerprint density at radius 2 is 1.95 bits per heavy atom. The van der Waals surface area contributed by atoms with Crippen LogP contribution in [-0.2, 0) is 6.18 Å². The number of nitrogens with zero attached hydrogens (tertiary/aromatic N) is 3. The number of carbonyl (C=O) groups excluding carboxylic acids is 1. The maximum atomic E-state index is 12.4. The van der Waals surface area contributed by atoms with E-state index in [2.05, 4.69) is 9.88 Å². The highest BCUT2D eigenvalue weighted by Crippen LogP contribution is 2.33. The molecule has 3 saturated heterocycles. The highest BCUT2D eigenvalue weighted by atomic mass is 19.4. The van der Waals surface area contributed by atoms with Gasteiger partial charge in [-0.25, -0.2) is 0 Å². The van der Waals surface area contributed by atoms with Gasteiger partial charge in [-0.1, -0.05) is 0 Å². The first-order chi connectivity index (χ1) is 9.36. The molecule has 1 amide bonds. The SMILES string of the molecule is CN1CC2CC(C1)N2C(=O)c1ccc(C(F)(F)F)nc1. The van der Waals surface area contributed by atoms with Crippen molar-refractivity contribution < 1.29 is 18.0 Å². The maximum absolute atomic E-state index is 12.4. The molecule has 4 rings (SSSR count). The zero-order chi connectivity index (χ0) is 14.5. The second kappa shape index (κ2) is 4.44. The average Bonchev–Trinajstić information content (AvgIpc) is 2.37. The van der Waals surface area contributed by atoms with Crippen LogP contribution in [0.15, 0.2) is 18.3 Å². The third-order valence-electron chi connectivity index (χ3n) is 3.91. The monoisotopic (exact) mass is 285 g/mol. The Balaban J connectivity index is 1.75. The van der Waals surface area contributed by atoms with Gasteiger partial charge >= 0.3 is 6.18 Å². The number of rotatable bonds is 1. The Bertz CT molecular complexity index is 517. The molecule has 0 aromatic carbocycles. The summed E-state index contributed by atoms with van der Waals surface area (Å²) in [7, 11) is 2.00. The van der Waals surface area contributed by atoms with Crippen molar-refractivity contribution in [3.8, 4) is 0 Å². The summed E-state index contributed by atoms with van der Waals surface area (Å²) in [6.45, 7) is 1.63. The molecular weight excluding hydrogens is 271 g/mol. The van der Waals surface area contributed by atoms with Crippen LogP contribution in [0.3, 0.4) is 0 Å². The number of halogens is 3. The summed E-state index contributed by atoms with van der Waals surface area (Å²) in [4.78, 5) is 19.6. The Labute approximate surface area is 114 Å². The molecular formula is C13H14F3N3O. The molecule has 4 heterocycles. The van der Waals surface area contributed by atoms with Crippen LogP contribution in [0.2, 0.25) is 0 Å². The predicted molar refractivity (Wildman–Crippen MR) is 65.1 cm³/mol. The number of alkyl halides is 3. The number of hydrogen-bond acceptors (Lipinski definition) is 3. The fourth-order valence-electron chi connectivity index (χ4n) is 2.99. The largest absolute Gasteiger partial charge is 0.433 e. The van der Waals surface area contributed by atoms with Crippen LogP contribution in [-0.4, -0.2) is 52.9 Å². The van der Waals surface area contributed by atoms with Gasteiger partial charge in [-0.2, -0.15) is 13.2 Å². The number of fused-ring (bicyclic) bond motifs is 2. The van der Waals surface area contributed by atoms with Crippen molar-refractivity contribution in [2.45, 2.75) is 24.7 Å². The molecule has 2 unspecified atom stereocenters. The van der Waals surface area contributed by atoms with Crippen molar-refractivity contribution in [3.63, 3.8) is 0 Å². The van der Waals surface area contributed by atoms with Crippen LogP contribution < -0.4 is 0 Å². The minimum Gasteiger partial charge on any atom is -0.330 e. The summed E-state index contributed by atoms with van der Waals surface area (Å²) in [5.41, 5.74) is -0.755. The molecule has 1 aromatic rings. The van der Waals surface area contributed by atoms with E-state index in [1.165, 1.54) is 6.07 Å². The second-order valence-electron chi connectivity index (χ2n) is 5.41. The molecule has 20 heavy (non-hydrogen) atoms. The molecule has 3 aliphatic heterocycles. The fourth-order valence-corrected chi connectivity index (χ4v) is 2.99. The van der Waals surface area contributed by atoms with Crippen LogP contribution in [0.25, 0.3) is 0 Å². The van der Waals surface area contributed by atoms with E-state index >= 15 is 0 Å². The van der Waals surface area contributed by atoms with Crippen molar-refractivity contribution in [2.75, 3.05) is 20.1 Å². The number of amides is 1. The van der Waals surface area contributed by atoms with E-state index < -0.39 is 11.9 Å². The van der Waals surface area contributed by atoms with Crippen molar-refractivity contribution in [1.82, 2.24) is 14.8 Å². The zero-order valence-corrected chi connectivity index (χ0v) is 10.9. The third kappa shape index (κ3) is 2.15. The Morgan fingerprint density at radius 1 is 1.30 bits per heavy atom. The lowest BCUT2D eigenvalue weighted by molar-refractivity contribution is -0.141. The van der Waals surface area contributed by atoms with Crippen LogP contribution >= 0.6 is 0 Å². The van der Waals surface area contributed by atoms with Crippen molar-refractivity contribution in [2.24, 2.45) is 0 Å². The average molecular weight is 285 g/mol. The van der Waals surface area contributed by atoms with Crippen LogP contribution in [0.4, 0.5) is 13.2 Å². The summed E-state index contributed by atoms with van der Waals surface area (Å²) in [5, 5.41) is 0. The summed E-state index contributed by atoms with van der Waals surface area (Å²) in [6.07, 6.45) is -2.48. The van der Waals surface area contributed by atoms with Crippen molar-refractivity contribution in [3.05, 3.63) is 29.6 Å². The summed E-state index contributed by atoms with van der Waals surface area (Å²) in [6, 6.07) is 2.41. The first-order valence-corrected chi connectivity index (χ1v) is 6.40. The van der Waals surface area contributed by atoms with E-state index in [4.69, 9.17) is 0 Å². The van der Waals surface area contributed by atoms with E-state index in [0.29, 0.717) is 0 Å². The number of piperazine rings is 1. The maximum Gasteiger partial charge on any atom is 0.433 e. The van der Waals surface area contributed by atoms with E-state index in [1.54, 1.807) is 4.90 Å². The normalized spacial score (nSPS) is 26.3. The van der Waals surface area contributed by atoms with Gasteiger partial charge in [-0.3, -0.25) is 9.78 Å². The van der Waals surface area contributed by atoms with E-state index in [0.717, 1.165) is 31.8 Å². The summed E-state index contributed by atoms with van der Waals surface area (Å²) in [5.74, 6) is -0.222. The molecule has 108 valence electrons. The molecule has 1 aromatic heterocycles. The molecule has 2 bridgehead atoms. The first-order valence-electron chi connectivity index (χ1n) is 6.40. The lowest BCUT2D eigenvalue weighted by Crippen LogP contribution is -2.69. The number of piperidine rings is 1. The van der Waals surface area contributed by atoms with Gasteiger partial charge in [0.15, 0.2) is 0 Å². The van der Waals surface area contributed by atoms with Gasteiger partial charge in [0.2, 0.25) is 0 Å². The van der Waals surface area contributed by atoms with E-state index in [-0.39, 0.29) is 23.6 Å². The number of pyridine rings is 1. The van der Waals surface area contributed by atoms with Gasteiger partial charge in [0, 0.05) is 31.4 Å². The minimum atomic E-state index is -4.47. The number of hydrogen-bond donors (Lipinski definition) is 0. The topological polar surface area (TPSA) is 36.4 Å². The summed E-state index contributed by atoms with van der Waals surface area (Å²) < 4.78 is 37.3. The van der Waals surface area contributed by atoms with Gasteiger partial charge in [-0.05, 0) is 25.6 Å². The van der Waals surface area contributed by atoms with Crippen LogP contribution in [0.1, 0.15) is 22.5 Å². The van der Waals surface area contributed by atoms with Gasteiger partial charge < -0.3 is 9.80 Å². The van der Waals surface area contributed by atoms with E-state index in [9.17, 15) is 18.0 Å². The van der Waals surface area contributed by atoms with E-state index in [1.807, 2.05) is 7.05 Å². The Hall–Kier alpha value is -1.63. The molecule has 7 heteroatoms. The first kappa shape index (κ1) is 13.4. The van der Waals surface area contributed by atoms with Gasteiger partial charge in [0.05, 0.1) is 5.56 Å². The van der Waals surface area contributed by atoms with Crippen molar-refractivity contribution >= 4 is 5.91 Å². The standard InChI is InChI=1S/C13H14F3N3O/c1-18-6-9-4-10(7-18)19(9)12(20)8-2-3-11(17-5-8)13(14,15)16/h2-3,5,9-10H,4,6-7H2,1H3. The Morgan fingerprint density at radius 3 is 2.45 bits per heavy atom.